The van der Waals surface area contributed by atoms with Crippen LogP contribution in [0.15, 0.2) is 17.0 Å². The summed E-state index contributed by atoms with van der Waals surface area (Å²) in [5.41, 5.74) is 2.72. The fourth-order valence-corrected chi connectivity index (χ4v) is 4.54. The van der Waals surface area contributed by atoms with Gasteiger partial charge in [-0.3, -0.25) is 0 Å². The lowest BCUT2D eigenvalue weighted by Crippen LogP contribution is -2.45. The largest absolute Gasteiger partial charge is 0.315 e. The van der Waals surface area contributed by atoms with Gasteiger partial charge in [-0.05, 0) is 51.3 Å². The molecule has 0 radical (unpaired) electrons. The average Bonchev–Trinajstić information content (AvgIpc) is 2.27. The third-order valence-corrected chi connectivity index (χ3v) is 5.32. The standard InChI is InChI=1S/C14H22N2O2S.ClH/c1-10-7-11(2)14(12(3)8-10)19(17,18)16-13-5-4-6-15-9-13;/h7-8,13,15-16H,4-6,9H2,1-3H3;1H/t13-;/m1./s1. The molecule has 0 amide bonds. The van der Waals surface area contributed by atoms with Crippen molar-refractivity contribution in [1.29, 1.82) is 0 Å². The molecule has 0 aliphatic carbocycles. The molecule has 0 saturated carbocycles. The van der Waals surface area contributed by atoms with Crippen molar-refractivity contribution in [3.8, 4) is 0 Å². The van der Waals surface area contributed by atoms with Gasteiger partial charge in [0, 0.05) is 12.6 Å². The predicted molar refractivity (Wildman–Crippen MR) is 84.1 cm³/mol. The maximum atomic E-state index is 12.5. The van der Waals surface area contributed by atoms with Gasteiger partial charge >= 0.3 is 0 Å². The Morgan fingerprint density at radius 3 is 2.30 bits per heavy atom. The van der Waals surface area contributed by atoms with E-state index < -0.39 is 10.0 Å². The number of benzene rings is 1. The molecule has 2 rings (SSSR count). The van der Waals surface area contributed by atoms with E-state index >= 15 is 0 Å². The molecule has 1 heterocycles. The summed E-state index contributed by atoms with van der Waals surface area (Å²) in [4.78, 5) is 0.434. The summed E-state index contributed by atoms with van der Waals surface area (Å²) in [6.07, 6.45) is 1.91. The number of nitrogens with one attached hydrogen (secondary N) is 2. The van der Waals surface area contributed by atoms with E-state index in [0.29, 0.717) is 11.4 Å². The van der Waals surface area contributed by atoms with Crippen molar-refractivity contribution in [3.05, 3.63) is 28.8 Å². The van der Waals surface area contributed by atoms with E-state index in [0.717, 1.165) is 36.1 Å². The third-order valence-electron chi connectivity index (χ3n) is 3.49. The van der Waals surface area contributed by atoms with Crippen molar-refractivity contribution in [2.75, 3.05) is 13.1 Å². The first kappa shape index (κ1) is 17.4. The molecule has 2 N–H and O–H groups in total. The Hall–Kier alpha value is -0.620. The summed E-state index contributed by atoms with van der Waals surface area (Å²) in [7, 11) is -3.43. The van der Waals surface area contributed by atoms with Crippen molar-refractivity contribution in [3.63, 3.8) is 0 Å². The number of hydrogen-bond acceptors (Lipinski definition) is 3. The number of rotatable bonds is 3. The first-order valence-electron chi connectivity index (χ1n) is 6.71. The van der Waals surface area contributed by atoms with Gasteiger partial charge in [-0.25, -0.2) is 13.1 Å². The maximum absolute atomic E-state index is 12.5. The van der Waals surface area contributed by atoms with E-state index in [4.69, 9.17) is 0 Å². The summed E-state index contributed by atoms with van der Waals surface area (Å²) in [6.45, 7) is 7.38. The lowest BCUT2D eigenvalue weighted by atomic mass is 10.1. The van der Waals surface area contributed by atoms with Crippen LogP contribution in [0.2, 0.25) is 0 Å². The second kappa shape index (κ2) is 6.89. The molecule has 1 saturated heterocycles. The van der Waals surface area contributed by atoms with Gasteiger partial charge in [0.2, 0.25) is 10.0 Å². The van der Waals surface area contributed by atoms with Crippen LogP contribution in [-0.4, -0.2) is 27.5 Å². The fourth-order valence-electron chi connectivity index (χ4n) is 2.82. The number of aryl methyl sites for hydroxylation is 3. The first-order valence-corrected chi connectivity index (χ1v) is 8.19. The van der Waals surface area contributed by atoms with Gasteiger partial charge in [0.05, 0.1) is 4.90 Å². The molecule has 1 atom stereocenters. The molecule has 1 aromatic rings. The normalized spacial score (nSPS) is 19.4. The van der Waals surface area contributed by atoms with Crippen molar-refractivity contribution in [2.45, 2.75) is 44.6 Å². The van der Waals surface area contributed by atoms with E-state index in [2.05, 4.69) is 10.0 Å². The molecule has 1 aliphatic rings. The van der Waals surface area contributed by atoms with Crippen LogP contribution < -0.4 is 10.0 Å². The smallest absolute Gasteiger partial charge is 0.241 e. The van der Waals surface area contributed by atoms with Crippen molar-refractivity contribution < 1.29 is 8.42 Å². The minimum atomic E-state index is -3.43. The van der Waals surface area contributed by atoms with Gasteiger partial charge in [0.15, 0.2) is 0 Å². The Kier molecular flexibility index (Phi) is 6.01. The van der Waals surface area contributed by atoms with E-state index in [1.807, 2.05) is 32.9 Å². The molecule has 1 aromatic carbocycles. The summed E-state index contributed by atoms with van der Waals surface area (Å²) in [5.74, 6) is 0. The predicted octanol–water partition coefficient (Wildman–Crippen LogP) is 2.06. The Balaban J connectivity index is 0.00000200. The van der Waals surface area contributed by atoms with E-state index in [1.165, 1.54) is 0 Å². The Labute approximate surface area is 127 Å². The van der Waals surface area contributed by atoms with E-state index in [1.54, 1.807) is 0 Å². The number of halogens is 1. The Morgan fingerprint density at radius 2 is 1.80 bits per heavy atom. The monoisotopic (exact) mass is 318 g/mol. The second-order valence-corrected chi connectivity index (χ2v) is 7.04. The topological polar surface area (TPSA) is 58.2 Å². The van der Waals surface area contributed by atoms with Gasteiger partial charge in [0.25, 0.3) is 0 Å². The zero-order valence-electron chi connectivity index (χ0n) is 12.2. The van der Waals surface area contributed by atoms with Crippen LogP contribution in [0.5, 0.6) is 0 Å². The molecule has 6 heteroatoms. The van der Waals surface area contributed by atoms with Gasteiger partial charge in [0.1, 0.15) is 0 Å². The quantitative estimate of drug-likeness (QED) is 0.897. The molecule has 0 aromatic heterocycles. The van der Waals surface area contributed by atoms with E-state index in [-0.39, 0.29) is 18.4 Å². The highest BCUT2D eigenvalue weighted by molar-refractivity contribution is 7.89. The summed E-state index contributed by atoms with van der Waals surface area (Å²) >= 11 is 0. The van der Waals surface area contributed by atoms with E-state index in [9.17, 15) is 8.42 Å². The van der Waals surface area contributed by atoms with Crippen molar-refractivity contribution in [2.24, 2.45) is 0 Å². The average molecular weight is 319 g/mol. The van der Waals surface area contributed by atoms with Gasteiger partial charge in [-0.1, -0.05) is 17.7 Å². The lowest BCUT2D eigenvalue weighted by molar-refractivity contribution is 0.428. The minimum absolute atomic E-state index is 0. The van der Waals surface area contributed by atoms with Crippen LogP contribution in [0.25, 0.3) is 0 Å². The van der Waals surface area contributed by atoms with Gasteiger partial charge in [-0.15, -0.1) is 12.4 Å². The molecular formula is C14H23ClN2O2S. The van der Waals surface area contributed by atoms with Crippen molar-refractivity contribution in [1.82, 2.24) is 10.0 Å². The summed E-state index contributed by atoms with van der Waals surface area (Å²) < 4.78 is 27.9. The molecule has 1 fully saturated rings. The minimum Gasteiger partial charge on any atom is -0.315 e. The van der Waals surface area contributed by atoms with Crippen LogP contribution in [-0.2, 0) is 10.0 Å². The SMILES string of the molecule is Cc1cc(C)c(S(=O)(=O)N[C@@H]2CCCNC2)c(C)c1.Cl. The highest BCUT2D eigenvalue weighted by atomic mass is 35.5. The molecule has 20 heavy (non-hydrogen) atoms. The number of hydrogen-bond donors (Lipinski definition) is 2. The third kappa shape index (κ3) is 3.95. The Bertz CT molecular complexity index is 544. The van der Waals surface area contributed by atoms with Crippen LogP contribution in [0.3, 0.4) is 0 Å². The number of piperidine rings is 1. The van der Waals surface area contributed by atoms with Gasteiger partial charge < -0.3 is 5.32 Å². The fraction of sp³-hybridized carbons (Fsp3) is 0.571. The summed E-state index contributed by atoms with van der Waals surface area (Å²) in [5, 5.41) is 3.22. The molecule has 4 nitrogen and oxygen atoms in total. The molecular weight excluding hydrogens is 296 g/mol. The first-order chi connectivity index (χ1) is 8.90. The zero-order chi connectivity index (χ0) is 14.0. The van der Waals surface area contributed by atoms with Crippen molar-refractivity contribution >= 4 is 22.4 Å². The zero-order valence-corrected chi connectivity index (χ0v) is 13.8. The van der Waals surface area contributed by atoms with Crippen LogP contribution in [0.4, 0.5) is 0 Å². The van der Waals surface area contributed by atoms with Crippen LogP contribution >= 0.6 is 12.4 Å². The molecule has 0 bridgehead atoms. The summed E-state index contributed by atoms with van der Waals surface area (Å²) in [6, 6.07) is 3.83. The molecule has 0 unspecified atom stereocenters. The number of sulfonamides is 1. The highest BCUT2D eigenvalue weighted by Crippen LogP contribution is 2.22. The van der Waals surface area contributed by atoms with Crippen LogP contribution in [0.1, 0.15) is 29.5 Å². The molecule has 0 spiro atoms. The molecule has 114 valence electrons. The lowest BCUT2D eigenvalue weighted by Gasteiger charge is -2.24. The second-order valence-electron chi connectivity index (χ2n) is 5.39. The molecule has 1 aliphatic heterocycles. The maximum Gasteiger partial charge on any atom is 0.241 e. The highest BCUT2D eigenvalue weighted by Gasteiger charge is 2.24. The van der Waals surface area contributed by atoms with Gasteiger partial charge in [-0.2, -0.15) is 0 Å². The van der Waals surface area contributed by atoms with Crippen LogP contribution in [0, 0.1) is 20.8 Å². The Morgan fingerprint density at radius 1 is 1.20 bits per heavy atom.